The second-order valence-corrected chi connectivity index (χ2v) is 3.40. The number of carbonyl (C=O) groups excluding carboxylic acids is 2. The van der Waals surface area contributed by atoms with Gasteiger partial charge in [-0.1, -0.05) is 12.1 Å². The molecule has 5 nitrogen and oxygen atoms in total. The second kappa shape index (κ2) is 5.03. The number of fused-ring (bicyclic) bond motifs is 1. The van der Waals surface area contributed by atoms with Gasteiger partial charge in [0.05, 0.1) is 6.54 Å². The molecule has 0 saturated carbocycles. The van der Waals surface area contributed by atoms with Gasteiger partial charge in [-0.2, -0.15) is 4.99 Å². The minimum absolute atomic E-state index is 0.181. The van der Waals surface area contributed by atoms with Gasteiger partial charge in [-0.3, -0.25) is 0 Å². The number of aliphatic imine (C=N–C) groups is 2. The summed E-state index contributed by atoms with van der Waals surface area (Å²) in [5, 5.41) is 0.917. The van der Waals surface area contributed by atoms with E-state index in [4.69, 9.17) is 4.42 Å². The van der Waals surface area contributed by atoms with E-state index < -0.39 is 0 Å². The van der Waals surface area contributed by atoms with Gasteiger partial charge in [-0.05, 0) is 17.7 Å². The maximum absolute atomic E-state index is 10.0. The van der Waals surface area contributed by atoms with E-state index >= 15 is 0 Å². The smallest absolute Gasteiger partial charge is 0.235 e. The Kier molecular flexibility index (Phi) is 3.26. The minimum Gasteiger partial charge on any atom is -0.459 e. The van der Waals surface area contributed by atoms with Crippen molar-refractivity contribution in [3.8, 4) is 0 Å². The standard InChI is InChI=1S/C12H8N2O3/c15-7-13-5-9-1-2-10-4-11(6-14-8-16)17-12(10)3-9/h1-4H,5-6H2. The Morgan fingerprint density at radius 2 is 1.82 bits per heavy atom. The molecule has 0 aliphatic rings. The lowest BCUT2D eigenvalue weighted by Crippen LogP contribution is -1.79. The average molecular weight is 228 g/mol. The number of benzene rings is 1. The van der Waals surface area contributed by atoms with Gasteiger partial charge in [0.15, 0.2) is 0 Å². The molecule has 0 amide bonds. The summed E-state index contributed by atoms with van der Waals surface area (Å²) in [5.41, 5.74) is 1.54. The summed E-state index contributed by atoms with van der Waals surface area (Å²) < 4.78 is 5.48. The van der Waals surface area contributed by atoms with Crippen LogP contribution >= 0.6 is 0 Å². The fourth-order valence-corrected chi connectivity index (χ4v) is 1.54. The van der Waals surface area contributed by atoms with Crippen molar-refractivity contribution >= 4 is 23.1 Å². The fraction of sp³-hybridized carbons (Fsp3) is 0.167. The first kappa shape index (κ1) is 11.0. The van der Waals surface area contributed by atoms with E-state index in [1.807, 2.05) is 18.2 Å². The van der Waals surface area contributed by atoms with Gasteiger partial charge >= 0.3 is 0 Å². The zero-order chi connectivity index (χ0) is 12.1. The molecule has 0 aliphatic carbocycles. The molecular formula is C12H8N2O3. The predicted molar refractivity (Wildman–Crippen MR) is 59.9 cm³/mol. The van der Waals surface area contributed by atoms with E-state index in [9.17, 15) is 9.59 Å². The maximum Gasteiger partial charge on any atom is 0.235 e. The van der Waals surface area contributed by atoms with Crippen molar-refractivity contribution in [2.24, 2.45) is 9.98 Å². The molecule has 1 heterocycles. The van der Waals surface area contributed by atoms with Crippen molar-refractivity contribution in [2.45, 2.75) is 13.1 Å². The van der Waals surface area contributed by atoms with Crippen molar-refractivity contribution in [3.05, 3.63) is 35.6 Å². The molecule has 0 bridgehead atoms. The molecule has 17 heavy (non-hydrogen) atoms. The topological polar surface area (TPSA) is 72.0 Å². The third-order valence-electron chi connectivity index (χ3n) is 2.26. The summed E-state index contributed by atoms with van der Waals surface area (Å²) >= 11 is 0. The Morgan fingerprint density at radius 1 is 1.06 bits per heavy atom. The molecule has 84 valence electrons. The monoisotopic (exact) mass is 228 g/mol. The van der Waals surface area contributed by atoms with E-state index in [0.717, 1.165) is 10.9 Å². The molecule has 2 aromatic rings. The summed E-state index contributed by atoms with van der Waals surface area (Å²) in [4.78, 5) is 26.9. The highest BCUT2D eigenvalue weighted by Gasteiger charge is 2.04. The highest BCUT2D eigenvalue weighted by molar-refractivity contribution is 5.78. The van der Waals surface area contributed by atoms with Crippen LogP contribution in [-0.2, 0) is 22.7 Å². The normalized spacial score (nSPS) is 9.65. The van der Waals surface area contributed by atoms with Crippen molar-refractivity contribution in [3.63, 3.8) is 0 Å². The summed E-state index contributed by atoms with van der Waals surface area (Å²) in [6.45, 7) is 0.460. The fourth-order valence-electron chi connectivity index (χ4n) is 1.54. The molecule has 0 spiro atoms. The number of furan rings is 1. The van der Waals surface area contributed by atoms with Gasteiger partial charge in [-0.15, -0.1) is 0 Å². The minimum atomic E-state index is 0.181. The molecular weight excluding hydrogens is 220 g/mol. The Labute approximate surface area is 96.5 Å². The lowest BCUT2D eigenvalue weighted by atomic mass is 10.2. The lowest BCUT2D eigenvalue weighted by molar-refractivity contribution is 0.541. The van der Waals surface area contributed by atoms with Crippen LogP contribution in [0, 0.1) is 0 Å². The molecule has 0 aliphatic heterocycles. The van der Waals surface area contributed by atoms with E-state index in [0.29, 0.717) is 11.3 Å². The summed E-state index contributed by atoms with van der Waals surface area (Å²) in [6.07, 6.45) is 2.94. The molecule has 0 radical (unpaired) electrons. The van der Waals surface area contributed by atoms with E-state index in [-0.39, 0.29) is 13.1 Å². The Bertz CT molecular complexity index is 614. The highest BCUT2D eigenvalue weighted by atomic mass is 16.3. The Balaban J connectivity index is 2.33. The van der Waals surface area contributed by atoms with Crippen LogP contribution in [0.25, 0.3) is 11.0 Å². The lowest BCUT2D eigenvalue weighted by Gasteiger charge is -1.93. The first-order chi connectivity index (χ1) is 8.33. The van der Waals surface area contributed by atoms with Crippen LogP contribution in [0.15, 0.2) is 38.7 Å². The van der Waals surface area contributed by atoms with E-state index in [1.54, 1.807) is 6.07 Å². The number of isocyanates is 2. The molecule has 0 saturated heterocycles. The van der Waals surface area contributed by atoms with Gasteiger partial charge in [0.2, 0.25) is 12.2 Å². The molecule has 0 atom stereocenters. The Hall–Kier alpha value is -2.48. The van der Waals surface area contributed by atoms with Crippen LogP contribution in [0.1, 0.15) is 11.3 Å². The highest BCUT2D eigenvalue weighted by Crippen LogP contribution is 2.21. The van der Waals surface area contributed by atoms with Crippen LogP contribution in [0.5, 0.6) is 0 Å². The van der Waals surface area contributed by atoms with E-state index in [2.05, 4.69) is 9.98 Å². The van der Waals surface area contributed by atoms with Crippen LogP contribution in [-0.4, -0.2) is 12.2 Å². The maximum atomic E-state index is 10.0. The van der Waals surface area contributed by atoms with Crippen molar-refractivity contribution in [1.29, 1.82) is 0 Å². The first-order valence-corrected chi connectivity index (χ1v) is 4.92. The van der Waals surface area contributed by atoms with Crippen molar-refractivity contribution in [2.75, 3.05) is 0 Å². The summed E-state index contributed by atoms with van der Waals surface area (Å²) in [6, 6.07) is 7.32. The number of hydrogen-bond acceptors (Lipinski definition) is 5. The van der Waals surface area contributed by atoms with Crippen LogP contribution in [0.2, 0.25) is 0 Å². The average Bonchev–Trinajstić information content (AvgIpc) is 2.75. The summed E-state index contributed by atoms with van der Waals surface area (Å²) in [5.74, 6) is 0.597. The number of nitrogens with zero attached hydrogens (tertiary/aromatic N) is 2. The molecule has 1 aromatic heterocycles. The largest absolute Gasteiger partial charge is 0.459 e. The quantitative estimate of drug-likeness (QED) is 0.594. The van der Waals surface area contributed by atoms with Crippen LogP contribution in [0.3, 0.4) is 0 Å². The summed E-state index contributed by atoms with van der Waals surface area (Å²) in [7, 11) is 0. The van der Waals surface area contributed by atoms with Crippen molar-refractivity contribution < 1.29 is 14.0 Å². The van der Waals surface area contributed by atoms with Crippen LogP contribution < -0.4 is 0 Å². The molecule has 1 aromatic carbocycles. The third kappa shape index (κ3) is 2.55. The van der Waals surface area contributed by atoms with Gasteiger partial charge < -0.3 is 4.42 Å². The predicted octanol–water partition coefficient (Wildman–Crippen LogP) is 2.10. The number of hydrogen-bond donors (Lipinski definition) is 0. The molecule has 5 heteroatoms. The first-order valence-electron chi connectivity index (χ1n) is 4.92. The number of rotatable bonds is 4. The zero-order valence-electron chi connectivity index (χ0n) is 8.84. The zero-order valence-corrected chi connectivity index (χ0v) is 8.84. The van der Waals surface area contributed by atoms with Gasteiger partial charge in [0.1, 0.15) is 17.9 Å². The molecule has 0 N–H and O–H groups in total. The van der Waals surface area contributed by atoms with Gasteiger partial charge in [-0.25, -0.2) is 14.6 Å². The SMILES string of the molecule is O=C=NCc1ccc2cc(CN=C=O)oc2c1. The molecule has 0 unspecified atom stereocenters. The molecule has 0 fully saturated rings. The Morgan fingerprint density at radius 3 is 2.59 bits per heavy atom. The van der Waals surface area contributed by atoms with E-state index in [1.165, 1.54) is 12.2 Å². The van der Waals surface area contributed by atoms with Gasteiger partial charge in [0, 0.05) is 5.39 Å². The van der Waals surface area contributed by atoms with Gasteiger partial charge in [0.25, 0.3) is 0 Å². The third-order valence-corrected chi connectivity index (χ3v) is 2.26. The molecule has 2 rings (SSSR count). The van der Waals surface area contributed by atoms with Crippen LogP contribution in [0.4, 0.5) is 0 Å². The van der Waals surface area contributed by atoms with Crippen molar-refractivity contribution in [1.82, 2.24) is 0 Å². The second-order valence-electron chi connectivity index (χ2n) is 3.40.